The molecule has 1 aliphatic heterocycles. The summed E-state index contributed by atoms with van der Waals surface area (Å²) in [4.78, 5) is 1.92. The number of piperidine rings is 1. The Morgan fingerprint density at radius 2 is 2.05 bits per heavy atom. The van der Waals surface area contributed by atoms with Crippen LogP contribution in [-0.4, -0.2) is 34.6 Å². The molecule has 2 N–H and O–H groups in total. The van der Waals surface area contributed by atoms with E-state index in [0.717, 1.165) is 23.4 Å². The molecule has 1 fully saturated rings. The number of likely N-dealkylation sites (tertiary alicyclic amines) is 1. The fraction of sp³-hybridized carbons (Fsp3) is 0.600. The van der Waals surface area contributed by atoms with Crippen molar-refractivity contribution in [1.82, 2.24) is 4.72 Å². The Kier molecular flexibility index (Phi) is 6.22. The molecule has 1 aromatic carbocycles. The van der Waals surface area contributed by atoms with E-state index < -0.39 is 10.0 Å². The van der Waals surface area contributed by atoms with Crippen molar-refractivity contribution in [2.45, 2.75) is 31.1 Å². The molecule has 2 rings (SSSR count). The van der Waals surface area contributed by atoms with Crippen LogP contribution in [0.25, 0.3) is 0 Å². The average molecular weight is 376 g/mol. The van der Waals surface area contributed by atoms with Gasteiger partial charge in [0.1, 0.15) is 0 Å². The van der Waals surface area contributed by atoms with Gasteiger partial charge in [-0.1, -0.05) is 28.9 Å². The molecular formula is C15H24BrN2O2S+. The minimum absolute atomic E-state index is 0.316. The Hall–Kier alpha value is -0.430. The molecule has 1 aromatic rings. The van der Waals surface area contributed by atoms with Crippen molar-refractivity contribution in [2.75, 3.05) is 26.2 Å². The van der Waals surface area contributed by atoms with E-state index in [9.17, 15) is 8.42 Å². The topological polar surface area (TPSA) is 50.6 Å². The van der Waals surface area contributed by atoms with E-state index in [1.165, 1.54) is 25.9 Å². The third-order valence-corrected chi connectivity index (χ3v) is 6.04. The van der Waals surface area contributed by atoms with Gasteiger partial charge in [-0.05, 0) is 37.0 Å². The summed E-state index contributed by atoms with van der Waals surface area (Å²) in [5.74, 6) is 0.851. The molecule has 0 atom stereocenters. The lowest BCUT2D eigenvalue weighted by molar-refractivity contribution is -0.906. The predicted octanol–water partition coefficient (Wildman–Crippen LogP) is 1.43. The van der Waals surface area contributed by atoms with E-state index in [4.69, 9.17) is 0 Å². The quantitative estimate of drug-likeness (QED) is 0.739. The van der Waals surface area contributed by atoms with Crippen LogP contribution >= 0.6 is 15.9 Å². The van der Waals surface area contributed by atoms with Gasteiger partial charge in [-0.15, -0.1) is 0 Å². The van der Waals surface area contributed by atoms with E-state index in [1.807, 2.05) is 6.07 Å². The number of nitrogens with one attached hydrogen (secondary N) is 2. The predicted molar refractivity (Wildman–Crippen MR) is 87.9 cm³/mol. The average Bonchev–Trinajstić information content (AvgIpc) is 2.45. The number of benzene rings is 1. The van der Waals surface area contributed by atoms with Gasteiger partial charge >= 0.3 is 0 Å². The third-order valence-electron chi connectivity index (χ3n) is 4.09. The smallest absolute Gasteiger partial charge is 0.240 e. The largest absolute Gasteiger partial charge is 0.335 e. The molecule has 0 amide bonds. The summed E-state index contributed by atoms with van der Waals surface area (Å²) in [5, 5.41) is 0. The van der Waals surface area contributed by atoms with Gasteiger partial charge in [0.2, 0.25) is 10.0 Å². The van der Waals surface area contributed by atoms with E-state index in [-0.39, 0.29) is 0 Å². The summed E-state index contributed by atoms with van der Waals surface area (Å²) in [6.07, 6.45) is 3.47. The molecule has 1 saturated heterocycles. The zero-order valence-corrected chi connectivity index (χ0v) is 14.8. The molecule has 0 spiro atoms. The second-order valence-corrected chi connectivity index (χ2v) is 8.57. The highest BCUT2D eigenvalue weighted by Crippen LogP contribution is 2.15. The molecule has 21 heavy (non-hydrogen) atoms. The first-order valence-electron chi connectivity index (χ1n) is 7.56. The SMILES string of the molecule is CC1CC[NH+](CCCNS(=O)(=O)c2cccc(Br)c2)CC1. The molecule has 6 heteroatoms. The molecule has 0 saturated carbocycles. The minimum Gasteiger partial charge on any atom is -0.335 e. The fourth-order valence-corrected chi connectivity index (χ4v) is 4.35. The summed E-state index contributed by atoms with van der Waals surface area (Å²) < 4.78 is 27.7. The second kappa shape index (κ2) is 7.72. The van der Waals surface area contributed by atoms with Gasteiger partial charge in [0.05, 0.1) is 24.5 Å². The van der Waals surface area contributed by atoms with Crippen molar-refractivity contribution >= 4 is 26.0 Å². The van der Waals surface area contributed by atoms with Crippen LogP contribution in [-0.2, 0) is 10.0 Å². The lowest BCUT2D eigenvalue weighted by atomic mass is 9.99. The van der Waals surface area contributed by atoms with Crippen molar-refractivity contribution in [3.05, 3.63) is 28.7 Å². The van der Waals surface area contributed by atoms with E-state index >= 15 is 0 Å². The standard InChI is InChI=1S/C15H23BrN2O2S/c1-13-6-10-18(11-7-13)9-3-8-17-21(19,20)15-5-2-4-14(16)12-15/h2,4-5,12-13,17H,3,6-11H2,1H3/p+1. The molecule has 0 bridgehead atoms. The van der Waals surface area contributed by atoms with Crippen molar-refractivity contribution < 1.29 is 13.3 Å². The molecule has 0 aliphatic carbocycles. The lowest BCUT2D eigenvalue weighted by Gasteiger charge is -2.27. The number of quaternary nitrogens is 1. The van der Waals surface area contributed by atoms with Crippen molar-refractivity contribution in [3.8, 4) is 0 Å². The first-order valence-corrected chi connectivity index (χ1v) is 9.84. The summed E-state index contributed by atoms with van der Waals surface area (Å²) >= 11 is 3.30. The van der Waals surface area contributed by atoms with Crippen LogP contribution in [0, 0.1) is 5.92 Å². The molecule has 118 valence electrons. The number of halogens is 1. The van der Waals surface area contributed by atoms with Gasteiger partial charge in [-0.25, -0.2) is 13.1 Å². The van der Waals surface area contributed by atoms with Gasteiger partial charge in [-0.2, -0.15) is 0 Å². The highest BCUT2D eigenvalue weighted by molar-refractivity contribution is 9.10. The second-order valence-electron chi connectivity index (χ2n) is 5.89. The Labute approximate surface area is 136 Å². The summed E-state index contributed by atoms with van der Waals surface area (Å²) in [5.41, 5.74) is 0. The highest BCUT2D eigenvalue weighted by atomic mass is 79.9. The van der Waals surface area contributed by atoms with Crippen LogP contribution in [0.15, 0.2) is 33.6 Å². The number of rotatable bonds is 6. The number of sulfonamides is 1. The summed E-state index contributed by atoms with van der Waals surface area (Å²) in [7, 11) is -3.38. The summed E-state index contributed by atoms with van der Waals surface area (Å²) in [6.45, 7) is 6.31. The van der Waals surface area contributed by atoms with Gasteiger partial charge in [0.25, 0.3) is 0 Å². The molecule has 0 radical (unpaired) electrons. The van der Waals surface area contributed by atoms with Gasteiger partial charge < -0.3 is 4.90 Å². The lowest BCUT2D eigenvalue weighted by Crippen LogP contribution is -3.13. The number of hydrogen-bond acceptors (Lipinski definition) is 2. The molecular weight excluding hydrogens is 352 g/mol. The van der Waals surface area contributed by atoms with E-state index in [1.54, 1.807) is 23.1 Å². The van der Waals surface area contributed by atoms with Crippen LogP contribution in [0.4, 0.5) is 0 Å². The van der Waals surface area contributed by atoms with Crippen molar-refractivity contribution in [3.63, 3.8) is 0 Å². The fourth-order valence-electron chi connectivity index (χ4n) is 2.68. The Bertz CT molecular complexity index is 555. The normalized spacial score (nSPS) is 23.1. The Morgan fingerprint density at radius 1 is 1.33 bits per heavy atom. The minimum atomic E-state index is -3.38. The van der Waals surface area contributed by atoms with E-state index in [0.29, 0.717) is 11.4 Å². The highest BCUT2D eigenvalue weighted by Gasteiger charge is 2.19. The van der Waals surface area contributed by atoms with E-state index in [2.05, 4.69) is 27.6 Å². The Balaban J connectivity index is 1.75. The maximum atomic E-state index is 12.1. The zero-order chi connectivity index (χ0) is 15.3. The molecule has 4 nitrogen and oxygen atoms in total. The van der Waals surface area contributed by atoms with Crippen LogP contribution in [0.2, 0.25) is 0 Å². The first-order chi connectivity index (χ1) is 9.97. The molecule has 1 aliphatic rings. The maximum absolute atomic E-state index is 12.1. The van der Waals surface area contributed by atoms with Crippen molar-refractivity contribution in [1.29, 1.82) is 0 Å². The van der Waals surface area contributed by atoms with Crippen LogP contribution in [0.5, 0.6) is 0 Å². The molecule has 1 heterocycles. The summed E-state index contributed by atoms with van der Waals surface area (Å²) in [6, 6.07) is 6.79. The van der Waals surface area contributed by atoms with Crippen LogP contribution in [0.3, 0.4) is 0 Å². The van der Waals surface area contributed by atoms with Gasteiger partial charge in [-0.3, -0.25) is 0 Å². The maximum Gasteiger partial charge on any atom is 0.240 e. The van der Waals surface area contributed by atoms with Crippen molar-refractivity contribution in [2.24, 2.45) is 5.92 Å². The zero-order valence-electron chi connectivity index (χ0n) is 12.4. The van der Waals surface area contributed by atoms with Gasteiger partial charge in [0.15, 0.2) is 0 Å². The van der Waals surface area contributed by atoms with Crippen LogP contribution in [0.1, 0.15) is 26.2 Å². The third kappa shape index (κ3) is 5.36. The van der Waals surface area contributed by atoms with Crippen LogP contribution < -0.4 is 9.62 Å². The molecule has 0 unspecified atom stereocenters. The monoisotopic (exact) mass is 375 g/mol. The number of hydrogen-bond donors (Lipinski definition) is 2. The Morgan fingerprint density at radius 3 is 2.71 bits per heavy atom. The first kappa shape index (κ1) is 16.9. The van der Waals surface area contributed by atoms with Gasteiger partial charge in [0, 0.05) is 17.4 Å². The molecule has 0 aromatic heterocycles.